The van der Waals surface area contributed by atoms with Gasteiger partial charge in [-0.3, -0.25) is 9.59 Å². The number of Topliss-reactive ketones (excluding diaryl/α,β-unsaturated/α-hetero) is 1. The van der Waals surface area contributed by atoms with E-state index in [1.54, 1.807) is 10.7 Å². The Kier molecular flexibility index (Phi) is 3.87. The molecule has 3 aromatic rings. The molecule has 1 aromatic carbocycles. The van der Waals surface area contributed by atoms with Crippen molar-refractivity contribution in [2.75, 3.05) is 5.32 Å². The zero-order valence-electron chi connectivity index (χ0n) is 16.0. The van der Waals surface area contributed by atoms with Crippen molar-refractivity contribution in [1.29, 1.82) is 0 Å². The number of amides is 1. The average Bonchev–Trinajstić information content (AvgIpc) is 3.01. The quantitative estimate of drug-likeness (QED) is 0.753. The molecule has 6 heteroatoms. The third-order valence-electron chi connectivity index (χ3n) is 5.09. The number of carbonyl (C=O) groups excluding carboxylic acids is 2. The first-order chi connectivity index (χ1) is 12.7. The van der Waals surface area contributed by atoms with Crippen molar-refractivity contribution in [1.82, 2.24) is 14.6 Å². The Labute approximate surface area is 157 Å². The van der Waals surface area contributed by atoms with Crippen LogP contribution in [0.5, 0.6) is 0 Å². The first-order valence-electron chi connectivity index (χ1n) is 9.03. The van der Waals surface area contributed by atoms with E-state index >= 15 is 0 Å². The molecular formula is C21H22N4O2. The zero-order valence-corrected chi connectivity index (χ0v) is 16.0. The summed E-state index contributed by atoms with van der Waals surface area (Å²) in [6.07, 6.45) is 4.31. The second kappa shape index (κ2) is 6.01. The van der Waals surface area contributed by atoms with Crippen LogP contribution in [-0.2, 0) is 6.42 Å². The van der Waals surface area contributed by atoms with Gasteiger partial charge in [0.1, 0.15) is 5.56 Å². The lowest BCUT2D eigenvalue weighted by molar-refractivity contribution is 0.0908. The van der Waals surface area contributed by atoms with Crippen molar-refractivity contribution in [3.8, 4) is 0 Å². The minimum absolute atomic E-state index is 0.0763. The molecule has 0 radical (unpaired) electrons. The number of nitrogens with zero attached hydrogens (tertiary/aromatic N) is 3. The second-order valence-electron chi connectivity index (χ2n) is 8.13. The maximum Gasteiger partial charge on any atom is 0.261 e. The van der Waals surface area contributed by atoms with Gasteiger partial charge in [0.15, 0.2) is 11.4 Å². The molecule has 1 N–H and O–H groups in total. The molecule has 0 atom stereocenters. The Hall–Kier alpha value is -3.02. The number of benzene rings is 1. The lowest BCUT2D eigenvalue weighted by Crippen LogP contribution is -2.29. The number of nitrogens with one attached hydrogen (secondary N) is 1. The van der Waals surface area contributed by atoms with Crippen LogP contribution in [0.3, 0.4) is 0 Å². The summed E-state index contributed by atoms with van der Waals surface area (Å²) in [6.45, 7) is 8.11. The van der Waals surface area contributed by atoms with Gasteiger partial charge >= 0.3 is 0 Å². The van der Waals surface area contributed by atoms with Gasteiger partial charge in [-0.25, -0.2) is 9.50 Å². The van der Waals surface area contributed by atoms with Crippen LogP contribution in [0, 0.1) is 19.3 Å². The van der Waals surface area contributed by atoms with Gasteiger partial charge < -0.3 is 5.32 Å². The molecule has 138 valence electrons. The number of rotatable bonds is 2. The fourth-order valence-corrected chi connectivity index (χ4v) is 3.73. The molecule has 0 bridgehead atoms. The van der Waals surface area contributed by atoms with Crippen LogP contribution in [0.25, 0.3) is 5.65 Å². The van der Waals surface area contributed by atoms with Gasteiger partial charge in [0.05, 0.1) is 17.5 Å². The highest BCUT2D eigenvalue weighted by atomic mass is 16.1. The van der Waals surface area contributed by atoms with Gasteiger partial charge in [-0.2, -0.15) is 5.10 Å². The van der Waals surface area contributed by atoms with Crippen molar-refractivity contribution >= 4 is 23.0 Å². The van der Waals surface area contributed by atoms with E-state index < -0.39 is 0 Å². The van der Waals surface area contributed by atoms with Crippen LogP contribution >= 0.6 is 0 Å². The number of fused-ring (bicyclic) bond motifs is 3. The highest BCUT2D eigenvalue weighted by Crippen LogP contribution is 2.34. The molecule has 1 aliphatic rings. The minimum Gasteiger partial charge on any atom is -0.322 e. The van der Waals surface area contributed by atoms with E-state index in [9.17, 15) is 9.59 Å². The minimum atomic E-state index is -0.259. The number of ketones is 1. The zero-order chi connectivity index (χ0) is 19.3. The number of aromatic nitrogens is 3. The predicted molar refractivity (Wildman–Crippen MR) is 103 cm³/mol. The van der Waals surface area contributed by atoms with Gasteiger partial charge in [-0.05, 0) is 37.3 Å². The van der Waals surface area contributed by atoms with Gasteiger partial charge in [-0.15, -0.1) is 0 Å². The Morgan fingerprint density at radius 1 is 1.19 bits per heavy atom. The summed E-state index contributed by atoms with van der Waals surface area (Å²) in [7, 11) is 0. The monoisotopic (exact) mass is 362 g/mol. The van der Waals surface area contributed by atoms with E-state index in [-0.39, 0.29) is 17.1 Å². The first-order valence-corrected chi connectivity index (χ1v) is 9.03. The SMILES string of the molecule is Cc1ccc(NC(=O)c2cnn3c4c(cnc23)C(=O)CC(C)(C)C4)c(C)c1. The van der Waals surface area contributed by atoms with Gasteiger partial charge in [-0.1, -0.05) is 31.5 Å². The fourth-order valence-electron chi connectivity index (χ4n) is 3.73. The van der Waals surface area contributed by atoms with E-state index in [1.165, 1.54) is 6.20 Å². The standard InChI is InChI=1S/C21H22N4O2/c1-12-5-6-16(13(2)7-12)24-20(27)15-11-23-25-17-8-21(3,4)9-18(26)14(17)10-22-19(15)25/h5-7,10-11H,8-9H2,1-4H3,(H,24,27). The van der Waals surface area contributed by atoms with Crippen LogP contribution in [-0.4, -0.2) is 26.3 Å². The summed E-state index contributed by atoms with van der Waals surface area (Å²) >= 11 is 0. The van der Waals surface area contributed by atoms with Crippen LogP contribution in [0.15, 0.2) is 30.6 Å². The number of anilines is 1. The Bertz CT molecular complexity index is 1090. The molecular weight excluding hydrogens is 340 g/mol. The Balaban J connectivity index is 1.74. The summed E-state index contributed by atoms with van der Waals surface area (Å²) < 4.78 is 1.64. The number of carbonyl (C=O) groups is 2. The van der Waals surface area contributed by atoms with Crippen molar-refractivity contribution in [2.45, 2.75) is 40.5 Å². The van der Waals surface area contributed by atoms with Crippen LogP contribution in [0.4, 0.5) is 5.69 Å². The van der Waals surface area contributed by atoms with Crippen molar-refractivity contribution in [3.63, 3.8) is 0 Å². The summed E-state index contributed by atoms with van der Waals surface area (Å²) in [5.74, 6) is -0.182. The van der Waals surface area contributed by atoms with E-state index in [2.05, 4.69) is 29.2 Å². The average molecular weight is 362 g/mol. The highest BCUT2D eigenvalue weighted by molar-refractivity contribution is 6.08. The van der Waals surface area contributed by atoms with Crippen LogP contribution in [0.2, 0.25) is 0 Å². The van der Waals surface area contributed by atoms with E-state index in [0.717, 1.165) is 22.5 Å². The molecule has 27 heavy (non-hydrogen) atoms. The van der Waals surface area contributed by atoms with Gasteiger partial charge in [0, 0.05) is 18.3 Å². The van der Waals surface area contributed by atoms with E-state index in [4.69, 9.17) is 0 Å². The third kappa shape index (κ3) is 3.01. The third-order valence-corrected chi connectivity index (χ3v) is 5.09. The molecule has 6 nitrogen and oxygen atoms in total. The van der Waals surface area contributed by atoms with Gasteiger partial charge in [0.25, 0.3) is 5.91 Å². The maximum atomic E-state index is 12.8. The Morgan fingerprint density at radius 2 is 1.96 bits per heavy atom. The number of hydrogen-bond donors (Lipinski definition) is 1. The fraction of sp³-hybridized carbons (Fsp3) is 0.333. The molecule has 1 amide bonds. The molecule has 1 aliphatic carbocycles. The second-order valence-corrected chi connectivity index (χ2v) is 8.13. The van der Waals surface area contributed by atoms with Crippen molar-refractivity contribution in [2.24, 2.45) is 5.41 Å². The summed E-state index contributed by atoms with van der Waals surface area (Å²) in [5.41, 5.74) is 5.07. The van der Waals surface area contributed by atoms with E-state index in [1.807, 2.05) is 32.0 Å². The lowest BCUT2D eigenvalue weighted by atomic mass is 9.76. The number of hydrogen-bond acceptors (Lipinski definition) is 4. The molecule has 0 saturated heterocycles. The molecule has 0 fully saturated rings. The first kappa shape index (κ1) is 17.4. The summed E-state index contributed by atoms with van der Waals surface area (Å²) in [5, 5.41) is 7.31. The van der Waals surface area contributed by atoms with Crippen LogP contribution in [0.1, 0.15) is 57.8 Å². The molecule has 2 aromatic heterocycles. The largest absolute Gasteiger partial charge is 0.322 e. The Morgan fingerprint density at radius 3 is 2.70 bits per heavy atom. The van der Waals surface area contributed by atoms with Crippen LogP contribution < -0.4 is 5.32 Å². The molecule has 0 saturated carbocycles. The summed E-state index contributed by atoms with van der Waals surface area (Å²) in [4.78, 5) is 29.6. The number of aryl methyl sites for hydroxylation is 2. The summed E-state index contributed by atoms with van der Waals surface area (Å²) in [6, 6.07) is 5.87. The predicted octanol–water partition coefficient (Wildman–Crippen LogP) is 3.75. The maximum absolute atomic E-state index is 12.8. The normalized spacial score (nSPS) is 15.6. The van der Waals surface area contributed by atoms with Crippen molar-refractivity contribution < 1.29 is 9.59 Å². The van der Waals surface area contributed by atoms with E-state index in [0.29, 0.717) is 29.6 Å². The molecule has 2 heterocycles. The molecule has 0 unspecified atom stereocenters. The van der Waals surface area contributed by atoms with Crippen molar-refractivity contribution in [3.05, 3.63) is 58.5 Å². The molecule has 0 aliphatic heterocycles. The lowest BCUT2D eigenvalue weighted by Gasteiger charge is -2.29. The van der Waals surface area contributed by atoms with Gasteiger partial charge in [0.2, 0.25) is 0 Å². The highest BCUT2D eigenvalue weighted by Gasteiger charge is 2.33. The topological polar surface area (TPSA) is 76.4 Å². The molecule has 4 rings (SSSR count). The molecule has 0 spiro atoms. The smallest absolute Gasteiger partial charge is 0.261 e.